The molecule has 1 fully saturated rings. The molecule has 0 radical (unpaired) electrons. The molecule has 3 N–H and O–H groups in total. The average molecular weight is 327 g/mol. The zero-order valence-electron chi connectivity index (χ0n) is 14.4. The van der Waals surface area contributed by atoms with Crippen LogP contribution in [0.3, 0.4) is 0 Å². The first-order valence-electron chi connectivity index (χ1n) is 8.62. The summed E-state index contributed by atoms with van der Waals surface area (Å²) in [5, 5.41) is 13.4. The summed E-state index contributed by atoms with van der Waals surface area (Å²) >= 11 is 0. The number of nitrogens with zero attached hydrogens (tertiary/aromatic N) is 2. The molecule has 6 heteroatoms. The number of hydrogen-bond donors (Lipinski definition) is 3. The Bertz CT molecular complexity index is 703. The summed E-state index contributed by atoms with van der Waals surface area (Å²) in [6.45, 7) is 6.01. The first-order valence-corrected chi connectivity index (χ1v) is 8.62. The van der Waals surface area contributed by atoms with Crippen LogP contribution in [0.5, 0.6) is 0 Å². The number of nitrogens with one attached hydrogen (secondary N) is 3. The minimum Gasteiger partial charge on any atom is -0.326 e. The van der Waals surface area contributed by atoms with E-state index in [-0.39, 0.29) is 5.91 Å². The zero-order chi connectivity index (χ0) is 16.9. The van der Waals surface area contributed by atoms with Crippen molar-refractivity contribution in [3.8, 4) is 11.4 Å². The molecule has 24 heavy (non-hydrogen) atoms. The SMILES string of the molecule is Cc1nc(-c2ccc(C)c(NC(=O)CCC3CCNCC3)c2)n[nH]1. The Balaban J connectivity index is 1.62. The van der Waals surface area contributed by atoms with Gasteiger partial charge in [0.15, 0.2) is 5.82 Å². The highest BCUT2D eigenvalue weighted by molar-refractivity contribution is 5.92. The fourth-order valence-electron chi connectivity index (χ4n) is 3.09. The van der Waals surface area contributed by atoms with Crippen molar-refractivity contribution in [3.05, 3.63) is 29.6 Å². The summed E-state index contributed by atoms with van der Waals surface area (Å²) < 4.78 is 0. The van der Waals surface area contributed by atoms with Gasteiger partial charge in [0.2, 0.25) is 5.91 Å². The molecule has 2 heterocycles. The number of aryl methyl sites for hydroxylation is 2. The van der Waals surface area contributed by atoms with Crippen LogP contribution in [0.4, 0.5) is 5.69 Å². The van der Waals surface area contributed by atoms with Gasteiger partial charge in [-0.2, -0.15) is 5.10 Å². The molecule has 1 amide bonds. The highest BCUT2D eigenvalue weighted by Crippen LogP contribution is 2.24. The van der Waals surface area contributed by atoms with E-state index in [1.54, 1.807) is 0 Å². The Kier molecular flexibility index (Phi) is 5.25. The van der Waals surface area contributed by atoms with E-state index in [4.69, 9.17) is 0 Å². The number of aromatic nitrogens is 3. The van der Waals surface area contributed by atoms with Crippen molar-refractivity contribution in [3.63, 3.8) is 0 Å². The van der Waals surface area contributed by atoms with Crippen LogP contribution >= 0.6 is 0 Å². The molecule has 1 aliphatic rings. The predicted molar refractivity (Wildman–Crippen MR) is 94.8 cm³/mol. The number of aromatic amines is 1. The van der Waals surface area contributed by atoms with E-state index in [2.05, 4.69) is 25.8 Å². The molecule has 0 saturated carbocycles. The molecule has 0 spiro atoms. The van der Waals surface area contributed by atoms with E-state index in [0.717, 1.165) is 42.1 Å². The lowest BCUT2D eigenvalue weighted by Gasteiger charge is -2.22. The van der Waals surface area contributed by atoms with Crippen LogP contribution in [0.15, 0.2) is 18.2 Å². The van der Waals surface area contributed by atoms with Gasteiger partial charge in [-0.25, -0.2) is 4.98 Å². The smallest absolute Gasteiger partial charge is 0.224 e. The number of carbonyl (C=O) groups excluding carboxylic acids is 1. The van der Waals surface area contributed by atoms with Crippen molar-refractivity contribution in [2.75, 3.05) is 18.4 Å². The van der Waals surface area contributed by atoms with Crippen LogP contribution < -0.4 is 10.6 Å². The lowest BCUT2D eigenvalue weighted by Crippen LogP contribution is -2.28. The maximum Gasteiger partial charge on any atom is 0.224 e. The Labute approximate surface area is 142 Å². The summed E-state index contributed by atoms with van der Waals surface area (Å²) in [5.41, 5.74) is 2.78. The summed E-state index contributed by atoms with van der Waals surface area (Å²) in [7, 11) is 0. The van der Waals surface area contributed by atoms with Gasteiger partial charge < -0.3 is 10.6 Å². The Morgan fingerprint density at radius 2 is 2.08 bits per heavy atom. The van der Waals surface area contributed by atoms with Crippen LogP contribution in [0.1, 0.15) is 37.1 Å². The molecule has 0 bridgehead atoms. The highest BCUT2D eigenvalue weighted by Gasteiger charge is 2.15. The Morgan fingerprint density at radius 1 is 1.29 bits per heavy atom. The lowest BCUT2D eigenvalue weighted by atomic mass is 9.93. The van der Waals surface area contributed by atoms with Crippen molar-refractivity contribution < 1.29 is 4.79 Å². The van der Waals surface area contributed by atoms with E-state index < -0.39 is 0 Å². The number of anilines is 1. The fourth-order valence-corrected chi connectivity index (χ4v) is 3.09. The first-order chi connectivity index (χ1) is 11.6. The van der Waals surface area contributed by atoms with Gasteiger partial charge in [-0.15, -0.1) is 0 Å². The van der Waals surface area contributed by atoms with E-state index >= 15 is 0 Å². The summed E-state index contributed by atoms with van der Waals surface area (Å²) in [5.74, 6) is 2.18. The zero-order valence-corrected chi connectivity index (χ0v) is 14.4. The summed E-state index contributed by atoms with van der Waals surface area (Å²) in [4.78, 5) is 16.6. The van der Waals surface area contributed by atoms with Crippen LogP contribution in [0.2, 0.25) is 0 Å². The maximum atomic E-state index is 12.3. The largest absolute Gasteiger partial charge is 0.326 e. The number of hydrogen-bond acceptors (Lipinski definition) is 4. The molecule has 1 aliphatic heterocycles. The van der Waals surface area contributed by atoms with Crippen LogP contribution in [-0.2, 0) is 4.79 Å². The van der Waals surface area contributed by atoms with Crippen molar-refractivity contribution in [2.24, 2.45) is 5.92 Å². The van der Waals surface area contributed by atoms with Crippen molar-refractivity contribution in [1.82, 2.24) is 20.5 Å². The third kappa shape index (κ3) is 4.20. The second kappa shape index (κ2) is 7.57. The Morgan fingerprint density at radius 3 is 2.79 bits per heavy atom. The van der Waals surface area contributed by atoms with Gasteiger partial charge in [0.25, 0.3) is 0 Å². The summed E-state index contributed by atoms with van der Waals surface area (Å²) in [6, 6.07) is 5.91. The minimum atomic E-state index is 0.0833. The van der Waals surface area contributed by atoms with Crippen LogP contribution in [0.25, 0.3) is 11.4 Å². The maximum absolute atomic E-state index is 12.3. The highest BCUT2D eigenvalue weighted by atomic mass is 16.1. The second-order valence-corrected chi connectivity index (χ2v) is 6.55. The number of benzene rings is 1. The van der Waals surface area contributed by atoms with Crippen LogP contribution in [-0.4, -0.2) is 34.2 Å². The Hall–Kier alpha value is -2.21. The van der Waals surface area contributed by atoms with Crippen molar-refractivity contribution in [2.45, 2.75) is 39.5 Å². The molecule has 0 atom stereocenters. The predicted octanol–water partition coefficient (Wildman–Crippen LogP) is 2.81. The number of H-pyrrole nitrogens is 1. The fraction of sp³-hybridized carbons (Fsp3) is 0.500. The molecule has 2 aromatic rings. The van der Waals surface area contributed by atoms with Gasteiger partial charge in [-0.3, -0.25) is 9.89 Å². The van der Waals surface area contributed by atoms with Gasteiger partial charge >= 0.3 is 0 Å². The second-order valence-electron chi connectivity index (χ2n) is 6.55. The number of amides is 1. The normalized spacial score (nSPS) is 15.4. The van der Waals surface area contributed by atoms with Crippen LogP contribution in [0, 0.1) is 19.8 Å². The molecular weight excluding hydrogens is 302 g/mol. The van der Waals surface area contributed by atoms with E-state index in [1.807, 2.05) is 32.0 Å². The molecule has 3 rings (SSSR count). The molecule has 0 aliphatic carbocycles. The van der Waals surface area contributed by atoms with E-state index in [9.17, 15) is 4.79 Å². The molecule has 6 nitrogen and oxygen atoms in total. The molecule has 1 saturated heterocycles. The number of rotatable bonds is 5. The van der Waals surface area contributed by atoms with Gasteiger partial charge in [-0.05, 0) is 63.7 Å². The average Bonchev–Trinajstić information content (AvgIpc) is 3.02. The number of carbonyl (C=O) groups is 1. The summed E-state index contributed by atoms with van der Waals surface area (Å²) in [6.07, 6.45) is 3.89. The third-order valence-corrected chi connectivity index (χ3v) is 4.61. The van der Waals surface area contributed by atoms with Gasteiger partial charge in [-0.1, -0.05) is 12.1 Å². The first kappa shape index (κ1) is 16.6. The molecule has 128 valence electrons. The molecular formula is C18H25N5O. The van der Waals surface area contributed by atoms with E-state index in [1.165, 1.54) is 12.8 Å². The van der Waals surface area contributed by atoms with Gasteiger partial charge in [0.1, 0.15) is 5.82 Å². The monoisotopic (exact) mass is 327 g/mol. The molecule has 0 unspecified atom stereocenters. The number of piperidine rings is 1. The topological polar surface area (TPSA) is 82.7 Å². The molecule has 1 aromatic carbocycles. The van der Waals surface area contributed by atoms with Gasteiger partial charge in [0.05, 0.1) is 0 Å². The third-order valence-electron chi connectivity index (χ3n) is 4.61. The molecule has 1 aromatic heterocycles. The van der Waals surface area contributed by atoms with Crippen molar-refractivity contribution in [1.29, 1.82) is 0 Å². The van der Waals surface area contributed by atoms with E-state index in [0.29, 0.717) is 18.2 Å². The lowest BCUT2D eigenvalue weighted by molar-refractivity contribution is -0.116. The van der Waals surface area contributed by atoms with Crippen molar-refractivity contribution >= 4 is 11.6 Å². The standard InChI is InChI=1S/C18H25N5O/c1-12-3-5-15(18-20-13(2)22-23-18)11-16(12)21-17(24)6-4-14-7-9-19-10-8-14/h3,5,11,14,19H,4,6-10H2,1-2H3,(H,21,24)(H,20,22,23). The minimum absolute atomic E-state index is 0.0833. The van der Waals surface area contributed by atoms with Gasteiger partial charge in [0, 0.05) is 17.7 Å². The quantitative estimate of drug-likeness (QED) is 0.788.